The predicted octanol–water partition coefficient (Wildman–Crippen LogP) is 4.94. The Hall–Kier alpha value is 0.130. The van der Waals surface area contributed by atoms with Crippen LogP contribution in [0.3, 0.4) is 0 Å². The van der Waals surface area contributed by atoms with E-state index in [1.807, 2.05) is 0 Å². The van der Waals surface area contributed by atoms with Crippen molar-refractivity contribution in [1.82, 2.24) is 0 Å². The van der Waals surface area contributed by atoms with Crippen molar-refractivity contribution in [3.05, 3.63) is 12.2 Å². The van der Waals surface area contributed by atoms with E-state index < -0.39 is 0 Å². The molecule has 18 heavy (non-hydrogen) atoms. The Morgan fingerprint density at radius 2 is 1.89 bits per heavy atom. The summed E-state index contributed by atoms with van der Waals surface area (Å²) in [6.07, 6.45) is 7.70. The van der Waals surface area contributed by atoms with Crippen LogP contribution in [0.5, 0.6) is 0 Å². The van der Waals surface area contributed by atoms with Gasteiger partial charge in [-0.05, 0) is 43.2 Å². The normalized spacial score (nSPS) is 18.1. The van der Waals surface area contributed by atoms with E-state index in [9.17, 15) is 5.11 Å². The quantitative estimate of drug-likeness (QED) is 0.441. The molecular formula is C16H33OP. The van der Waals surface area contributed by atoms with E-state index >= 15 is 0 Å². The van der Waals surface area contributed by atoms with Crippen LogP contribution in [0.1, 0.15) is 72.6 Å². The molecule has 0 fully saturated rings. The summed E-state index contributed by atoms with van der Waals surface area (Å²) in [5.41, 5.74) is 1.98. The molecule has 4 unspecified atom stereocenters. The van der Waals surface area contributed by atoms with Crippen LogP contribution in [-0.4, -0.2) is 16.9 Å². The minimum Gasteiger partial charge on any atom is -0.393 e. The Bertz CT molecular complexity index is 237. The maximum atomic E-state index is 9.95. The molecule has 0 aromatic rings. The lowest BCUT2D eigenvalue weighted by atomic mass is 9.75. The molecule has 0 amide bonds. The molecule has 0 saturated heterocycles. The number of aliphatic hydroxyl groups excluding tert-OH is 1. The molecule has 0 spiro atoms. The summed E-state index contributed by atoms with van der Waals surface area (Å²) in [6.45, 7) is 13.1. The molecule has 0 radical (unpaired) electrons. The third-order valence-corrected chi connectivity index (χ3v) is 4.23. The molecular weight excluding hydrogens is 239 g/mol. The highest BCUT2D eigenvalue weighted by atomic mass is 31.0. The SMILES string of the molecule is C=C(CCC)CC(C)(CCC)CCC(O)C(C)P. The fourth-order valence-corrected chi connectivity index (χ4v) is 2.90. The van der Waals surface area contributed by atoms with Crippen LogP contribution in [-0.2, 0) is 0 Å². The standard InChI is InChI=1S/C16H33OP/c1-6-8-13(3)12-16(5,10-7-2)11-9-15(17)14(4)18/h14-15,17H,3,6-12,18H2,1-2,4-5H3. The van der Waals surface area contributed by atoms with Crippen LogP contribution >= 0.6 is 9.24 Å². The minimum atomic E-state index is -0.189. The Balaban J connectivity index is 4.37. The number of rotatable bonds is 10. The average Bonchev–Trinajstić information content (AvgIpc) is 2.26. The van der Waals surface area contributed by atoms with Gasteiger partial charge in [0.15, 0.2) is 0 Å². The molecule has 0 bridgehead atoms. The monoisotopic (exact) mass is 272 g/mol. The molecule has 1 N–H and O–H groups in total. The summed E-state index contributed by atoms with van der Waals surface area (Å²) < 4.78 is 0. The fourth-order valence-electron chi connectivity index (χ4n) is 2.71. The Morgan fingerprint density at radius 3 is 2.33 bits per heavy atom. The van der Waals surface area contributed by atoms with Gasteiger partial charge in [-0.3, -0.25) is 0 Å². The molecule has 0 aliphatic rings. The van der Waals surface area contributed by atoms with Gasteiger partial charge < -0.3 is 5.11 Å². The summed E-state index contributed by atoms with van der Waals surface area (Å²) in [6, 6.07) is 0. The maximum Gasteiger partial charge on any atom is 0.0600 e. The van der Waals surface area contributed by atoms with Gasteiger partial charge in [0, 0.05) is 0 Å². The van der Waals surface area contributed by atoms with E-state index in [1.54, 1.807) is 0 Å². The van der Waals surface area contributed by atoms with Crippen LogP contribution in [0.15, 0.2) is 12.2 Å². The van der Waals surface area contributed by atoms with Gasteiger partial charge in [-0.25, -0.2) is 0 Å². The molecule has 0 saturated carbocycles. The van der Waals surface area contributed by atoms with Crippen LogP contribution < -0.4 is 0 Å². The average molecular weight is 272 g/mol. The summed E-state index contributed by atoms with van der Waals surface area (Å²) in [5, 5.41) is 9.95. The summed E-state index contributed by atoms with van der Waals surface area (Å²) in [4.78, 5) is 0. The lowest BCUT2D eigenvalue weighted by Crippen LogP contribution is -2.23. The molecule has 0 aromatic heterocycles. The highest BCUT2D eigenvalue weighted by molar-refractivity contribution is 7.17. The molecule has 1 nitrogen and oxygen atoms in total. The van der Waals surface area contributed by atoms with Gasteiger partial charge in [-0.2, -0.15) is 0 Å². The van der Waals surface area contributed by atoms with Gasteiger partial charge in [0.2, 0.25) is 0 Å². The van der Waals surface area contributed by atoms with Crippen molar-refractivity contribution in [2.24, 2.45) is 5.41 Å². The van der Waals surface area contributed by atoms with Gasteiger partial charge in [-0.15, -0.1) is 9.24 Å². The van der Waals surface area contributed by atoms with Gasteiger partial charge in [-0.1, -0.05) is 52.7 Å². The second-order valence-electron chi connectivity index (χ2n) is 6.20. The molecule has 0 aliphatic carbocycles. The summed E-state index contributed by atoms with van der Waals surface area (Å²) in [5.74, 6) is 0. The second kappa shape index (κ2) is 9.10. The Labute approximate surface area is 117 Å². The zero-order valence-electron chi connectivity index (χ0n) is 12.8. The fraction of sp³-hybridized carbons (Fsp3) is 0.875. The predicted molar refractivity (Wildman–Crippen MR) is 86.1 cm³/mol. The van der Waals surface area contributed by atoms with Crippen LogP contribution in [0, 0.1) is 5.41 Å². The first-order chi connectivity index (χ1) is 8.34. The van der Waals surface area contributed by atoms with Crippen LogP contribution in [0.2, 0.25) is 0 Å². The second-order valence-corrected chi connectivity index (χ2v) is 7.25. The van der Waals surface area contributed by atoms with Crippen molar-refractivity contribution in [1.29, 1.82) is 0 Å². The van der Waals surface area contributed by atoms with E-state index in [1.165, 1.54) is 24.8 Å². The smallest absolute Gasteiger partial charge is 0.0600 e. The van der Waals surface area contributed by atoms with Crippen LogP contribution in [0.25, 0.3) is 0 Å². The topological polar surface area (TPSA) is 20.2 Å². The summed E-state index contributed by atoms with van der Waals surface area (Å²) in [7, 11) is 2.70. The zero-order chi connectivity index (χ0) is 14.2. The minimum absolute atomic E-state index is 0.189. The highest BCUT2D eigenvalue weighted by Gasteiger charge is 2.25. The van der Waals surface area contributed by atoms with E-state index in [4.69, 9.17) is 0 Å². The molecule has 2 heteroatoms. The van der Waals surface area contributed by atoms with Gasteiger partial charge >= 0.3 is 0 Å². The molecule has 4 atom stereocenters. The van der Waals surface area contributed by atoms with Gasteiger partial charge in [0.05, 0.1) is 6.10 Å². The highest BCUT2D eigenvalue weighted by Crippen LogP contribution is 2.37. The third-order valence-electron chi connectivity index (χ3n) is 3.78. The van der Waals surface area contributed by atoms with E-state index in [0.717, 1.165) is 25.7 Å². The van der Waals surface area contributed by atoms with Crippen molar-refractivity contribution >= 4 is 9.24 Å². The first-order valence-electron chi connectivity index (χ1n) is 7.45. The Kier molecular flexibility index (Phi) is 9.17. The molecule has 108 valence electrons. The first-order valence-corrected chi connectivity index (χ1v) is 8.11. The molecule has 0 aliphatic heterocycles. The van der Waals surface area contributed by atoms with Crippen molar-refractivity contribution in [2.45, 2.75) is 84.4 Å². The Morgan fingerprint density at radius 1 is 1.28 bits per heavy atom. The lowest BCUT2D eigenvalue weighted by Gasteiger charge is -2.32. The number of hydrogen-bond acceptors (Lipinski definition) is 1. The van der Waals surface area contributed by atoms with E-state index in [2.05, 4.69) is 43.5 Å². The van der Waals surface area contributed by atoms with E-state index in [-0.39, 0.29) is 11.8 Å². The molecule has 0 aromatic carbocycles. The van der Waals surface area contributed by atoms with Crippen molar-refractivity contribution in [3.8, 4) is 0 Å². The third kappa shape index (κ3) is 7.54. The van der Waals surface area contributed by atoms with Crippen molar-refractivity contribution in [2.75, 3.05) is 0 Å². The van der Waals surface area contributed by atoms with Crippen molar-refractivity contribution in [3.63, 3.8) is 0 Å². The number of allylic oxidation sites excluding steroid dienone is 1. The molecule has 0 rings (SSSR count). The number of aliphatic hydroxyl groups is 1. The molecule has 0 heterocycles. The van der Waals surface area contributed by atoms with Crippen LogP contribution in [0.4, 0.5) is 0 Å². The van der Waals surface area contributed by atoms with E-state index in [0.29, 0.717) is 5.41 Å². The van der Waals surface area contributed by atoms with Crippen molar-refractivity contribution < 1.29 is 5.11 Å². The summed E-state index contributed by atoms with van der Waals surface area (Å²) >= 11 is 0. The first kappa shape index (κ1) is 18.1. The number of hydrogen-bond donors (Lipinski definition) is 1. The van der Waals surface area contributed by atoms with Gasteiger partial charge in [0.1, 0.15) is 0 Å². The van der Waals surface area contributed by atoms with Gasteiger partial charge in [0.25, 0.3) is 0 Å². The lowest BCUT2D eigenvalue weighted by molar-refractivity contribution is 0.134. The maximum absolute atomic E-state index is 9.95. The zero-order valence-corrected chi connectivity index (χ0v) is 14.0. The largest absolute Gasteiger partial charge is 0.393 e.